The quantitative estimate of drug-likeness (QED) is 0.895. The van der Waals surface area contributed by atoms with Crippen molar-refractivity contribution in [3.05, 3.63) is 30.0 Å². The molecule has 2 heterocycles. The molecule has 0 aliphatic carbocycles. The highest BCUT2D eigenvalue weighted by Gasteiger charge is 2.13. The average molecular weight is 258 g/mol. The van der Waals surface area contributed by atoms with Crippen molar-refractivity contribution < 1.29 is 5.11 Å². The maximum atomic E-state index is 9.60. The lowest BCUT2D eigenvalue weighted by Gasteiger charge is -2.20. The van der Waals surface area contributed by atoms with Crippen LogP contribution in [0.15, 0.2) is 24.3 Å². The van der Waals surface area contributed by atoms with Gasteiger partial charge in [-0.25, -0.2) is 0 Å². The first-order valence-electron chi connectivity index (χ1n) is 7.24. The minimum absolute atomic E-state index is 0.343. The van der Waals surface area contributed by atoms with Crippen molar-refractivity contribution in [2.45, 2.75) is 32.2 Å². The average Bonchev–Trinajstić information content (AvgIpc) is 2.59. The van der Waals surface area contributed by atoms with E-state index in [1.807, 2.05) is 12.1 Å². The monoisotopic (exact) mass is 258 g/mol. The molecule has 2 aromatic rings. The molecule has 3 heteroatoms. The van der Waals surface area contributed by atoms with E-state index in [9.17, 15) is 5.11 Å². The molecule has 1 fully saturated rings. The number of nitrogens with zero attached hydrogens (tertiary/aromatic N) is 2. The number of likely N-dealkylation sites (tertiary alicyclic amines) is 1. The van der Waals surface area contributed by atoms with Crippen LogP contribution in [0.2, 0.25) is 0 Å². The van der Waals surface area contributed by atoms with Crippen molar-refractivity contribution in [3.8, 4) is 5.75 Å². The minimum Gasteiger partial charge on any atom is -0.508 e. The first-order chi connectivity index (χ1) is 9.24. The fraction of sp³-hybridized carbons (Fsp3) is 0.500. The molecule has 0 saturated carbocycles. The van der Waals surface area contributed by atoms with Crippen molar-refractivity contribution in [2.24, 2.45) is 7.05 Å². The zero-order valence-electron chi connectivity index (χ0n) is 11.6. The Morgan fingerprint density at radius 2 is 1.79 bits per heavy atom. The Labute approximate surface area is 114 Å². The molecule has 1 aliphatic heterocycles. The number of fused-ring (bicyclic) bond motifs is 1. The standard InChI is InChI=1S/C16H22N2O/c1-17-14(12-18-8-4-2-3-5-9-18)10-13-6-7-15(19)11-16(13)17/h6-7,10-11,19H,2-5,8-9,12H2,1H3. The molecule has 0 atom stereocenters. The Bertz CT molecular complexity index is 565. The van der Waals surface area contributed by atoms with Crippen LogP contribution in [-0.4, -0.2) is 27.7 Å². The topological polar surface area (TPSA) is 28.4 Å². The molecule has 0 bridgehead atoms. The number of aryl methyl sites for hydroxylation is 1. The minimum atomic E-state index is 0.343. The maximum Gasteiger partial charge on any atom is 0.117 e. The van der Waals surface area contributed by atoms with E-state index in [-0.39, 0.29) is 0 Å². The van der Waals surface area contributed by atoms with Crippen molar-refractivity contribution in [2.75, 3.05) is 13.1 Å². The van der Waals surface area contributed by atoms with E-state index in [0.717, 1.165) is 12.1 Å². The third-order valence-electron chi connectivity index (χ3n) is 4.21. The molecule has 1 saturated heterocycles. The number of hydrogen-bond acceptors (Lipinski definition) is 2. The van der Waals surface area contributed by atoms with Crippen molar-refractivity contribution in [1.29, 1.82) is 0 Å². The summed E-state index contributed by atoms with van der Waals surface area (Å²) in [6.45, 7) is 3.45. The largest absolute Gasteiger partial charge is 0.508 e. The van der Waals surface area contributed by atoms with Crippen LogP contribution >= 0.6 is 0 Å². The van der Waals surface area contributed by atoms with Gasteiger partial charge in [0.05, 0.1) is 5.52 Å². The van der Waals surface area contributed by atoms with Gasteiger partial charge in [0.15, 0.2) is 0 Å². The second kappa shape index (κ2) is 5.25. The molecule has 1 N–H and O–H groups in total. The van der Waals surface area contributed by atoms with Crippen LogP contribution in [0.5, 0.6) is 5.75 Å². The highest BCUT2D eigenvalue weighted by atomic mass is 16.3. The van der Waals surface area contributed by atoms with E-state index in [0.29, 0.717) is 5.75 Å². The molecule has 102 valence electrons. The number of benzene rings is 1. The van der Waals surface area contributed by atoms with Gasteiger partial charge in [0, 0.05) is 30.7 Å². The summed E-state index contributed by atoms with van der Waals surface area (Å²) in [5.74, 6) is 0.343. The summed E-state index contributed by atoms with van der Waals surface area (Å²) < 4.78 is 2.21. The van der Waals surface area contributed by atoms with E-state index in [1.165, 1.54) is 49.9 Å². The normalized spacial score (nSPS) is 17.7. The van der Waals surface area contributed by atoms with Crippen LogP contribution in [-0.2, 0) is 13.6 Å². The molecule has 3 nitrogen and oxygen atoms in total. The summed E-state index contributed by atoms with van der Waals surface area (Å²) in [6.07, 6.45) is 5.40. The van der Waals surface area contributed by atoms with Gasteiger partial charge in [0.25, 0.3) is 0 Å². The second-order valence-electron chi connectivity index (χ2n) is 5.63. The van der Waals surface area contributed by atoms with E-state index >= 15 is 0 Å². The van der Waals surface area contributed by atoms with Gasteiger partial charge in [-0.2, -0.15) is 0 Å². The lowest BCUT2D eigenvalue weighted by molar-refractivity contribution is 0.271. The number of rotatable bonds is 2. The molecule has 1 aromatic heterocycles. The van der Waals surface area contributed by atoms with Gasteiger partial charge < -0.3 is 9.67 Å². The van der Waals surface area contributed by atoms with Crippen molar-refractivity contribution in [1.82, 2.24) is 9.47 Å². The predicted octanol–water partition coefficient (Wildman–Crippen LogP) is 3.26. The Kier molecular flexibility index (Phi) is 3.47. The first-order valence-corrected chi connectivity index (χ1v) is 7.24. The molecule has 0 amide bonds. The molecule has 0 unspecified atom stereocenters. The molecular formula is C16H22N2O. The highest BCUT2D eigenvalue weighted by molar-refractivity contribution is 5.82. The van der Waals surface area contributed by atoms with Crippen molar-refractivity contribution in [3.63, 3.8) is 0 Å². The molecule has 19 heavy (non-hydrogen) atoms. The second-order valence-corrected chi connectivity index (χ2v) is 5.63. The van der Waals surface area contributed by atoms with E-state index < -0.39 is 0 Å². The van der Waals surface area contributed by atoms with E-state index in [2.05, 4.69) is 22.6 Å². The lowest BCUT2D eigenvalue weighted by Crippen LogP contribution is -2.25. The molecule has 1 aliphatic rings. The zero-order chi connectivity index (χ0) is 13.2. The van der Waals surface area contributed by atoms with Crippen LogP contribution in [0.4, 0.5) is 0 Å². The molecule has 3 rings (SSSR count). The highest BCUT2D eigenvalue weighted by Crippen LogP contribution is 2.24. The summed E-state index contributed by atoms with van der Waals surface area (Å²) in [7, 11) is 2.09. The van der Waals surface area contributed by atoms with E-state index in [4.69, 9.17) is 0 Å². The zero-order valence-corrected chi connectivity index (χ0v) is 11.6. The number of hydrogen-bond donors (Lipinski definition) is 1. The van der Waals surface area contributed by atoms with Gasteiger partial charge in [-0.3, -0.25) is 4.90 Å². The predicted molar refractivity (Wildman–Crippen MR) is 78.3 cm³/mol. The Morgan fingerprint density at radius 1 is 1.05 bits per heavy atom. The van der Waals surface area contributed by atoms with Gasteiger partial charge in [-0.15, -0.1) is 0 Å². The third kappa shape index (κ3) is 2.61. The van der Waals surface area contributed by atoms with Crippen LogP contribution in [0.25, 0.3) is 10.9 Å². The summed E-state index contributed by atoms with van der Waals surface area (Å²) in [5.41, 5.74) is 2.45. The molecule has 0 radical (unpaired) electrons. The van der Waals surface area contributed by atoms with Gasteiger partial charge in [0.2, 0.25) is 0 Å². The van der Waals surface area contributed by atoms with Gasteiger partial charge in [-0.05, 0) is 44.1 Å². The number of aromatic nitrogens is 1. The molecule has 1 aromatic carbocycles. The van der Waals surface area contributed by atoms with Crippen LogP contribution < -0.4 is 0 Å². The molecular weight excluding hydrogens is 236 g/mol. The summed E-state index contributed by atoms with van der Waals surface area (Å²) in [4.78, 5) is 2.56. The fourth-order valence-corrected chi connectivity index (χ4v) is 3.05. The Hall–Kier alpha value is -1.48. The SMILES string of the molecule is Cn1c(CN2CCCCCC2)cc2ccc(O)cc21. The Balaban J connectivity index is 1.86. The first kappa shape index (κ1) is 12.5. The maximum absolute atomic E-state index is 9.60. The van der Waals surface area contributed by atoms with Gasteiger partial charge >= 0.3 is 0 Å². The van der Waals surface area contributed by atoms with Crippen LogP contribution in [0.1, 0.15) is 31.4 Å². The Morgan fingerprint density at radius 3 is 2.53 bits per heavy atom. The van der Waals surface area contributed by atoms with Gasteiger partial charge in [-0.1, -0.05) is 12.8 Å². The summed E-state index contributed by atoms with van der Waals surface area (Å²) >= 11 is 0. The van der Waals surface area contributed by atoms with Crippen LogP contribution in [0, 0.1) is 0 Å². The third-order valence-corrected chi connectivity index (χ3v) is 4.21. The smallest absolute Gasteiger partial charge is 0.117 e. The summed E-state index contributed by atoms with van der Waals surface area (Å²) in [6, 6.07) is 7.86. The number of phenolic OH excluding ortho intramolecular Hbond substituents is 1. The van der Waals surface area contributed by atoms with Gasteiger partial charge in [0.1, 0.15) is 5.75 Å². The number of aromatic hydroxyl groups is 1. The lowest BCUT2D eigenvalue weighted by atomic mass is 10.2. The van der Waals surface area contributed by atoms with Crippen molar-refractivity contribution >= 4 is 10.9 Å². The molecule has 0 spiro atoms. The summed E-state index contributed by atoms with van der Waals surface area (Å²) in [5, 5.41) is 10.8. The van der Waals surface area contributed by atoms with E-state index in [1.54, 1.807) is 6.07 Å². The fourth-order valence-electron chi connectivity index (χ4n) is 3.05. The van der Waals surface area contributed by atoms with Crippen LogP contribution in [0.3, 0.4) is 0 Å². The number of phenols is 1.